The van der Waals surface area contributed by atoms with Crippen LogP contribution in [-0.4, -0.2) is 58.0 Å². The molecule has 0 spiro atoms. The molecule has 2 aliphatic rings. The van der Waals surface area contributed by atoms with Gasteiger partial charge in [-0.2, -0.15) is 10.1 Å². The molecule has 33 heavy (non-hydrogen) atoms. The Labute approximate surface area is 193 Å². The molecule has 2 N–H and O–H groups in total. The van der Waals surface area contributed by atoms with Gasteiger partial charge < -0.3 is 19.9 Å². The van der Waals surface area contributed by atoms with Crippen LogP contribution in [0.2, 0.25) is 0 Å². The number of H-pyrrole nitrogens is 1. The molecule has 1 aliphatic heterocycles. The van der Waals surface area contributed by atoms with Crippen molar-refractivity contribution >= 4 is 16.9 Å². The van der Waals surface area contributed by atoms with Crippen molar-refractivity contribution in [3.8, 4) is 17.3 Å². The quantitative estimate of drug-likeness (QED) is 0.615. The van der Waals surface area contributed by atoms with Crippen molar-refractivity contribution < 1.29 is 4.74 Å². The third-order valence-corrected chi connectivity index (χ3v) is 7.23. The molecular formula is C24H33N7O2. The summed E-state index contributed by atoms with van der Waals surface area (Å²) in [4.78, 5) is 28.0. The molecule has 0 amide bonds. The second-order valence-electron chi connectivity index (χ2n) is 9.23. The van der Waals surface area contributed by atoms with Crippen molar-refractivity contribution in [3.05, 3.63) is 28.2 Å². The van der Waals surface area contributed by atoms with Gasteiger partial charge in [0.15, 0.2) is 5.65 Å². The molecule has 0 atom stereocenters. The summed E-state index contributed by atoms with van der Waals surface area (Å²) in [5.41, 5.74) is 2.02. The molecule has 0 unspecified atom stereocenters. The van der Waals surface area contributed by atoms with Crippen molar-refractivity contribution in [2.75, 3.05) is 32.1 Å². The van der Waals surface area contributed by atoms with Gasteiger partial charge >= 0.3 is 0 Å². The number of fused-ring (bicyclic) bond motifs is 1. The summed E-state index contributed by atoms with van der Waals surface area (Å²) in [6, 6.07) is 4.48. The Kier molecular flexibility index (Phi) is 6.05. The normalized spacial score (nSPS) is 18.2. The number of aromatic amines is 1. The third kappa shape index (κ3) is 4.10. The smallest absolute Gasteiger partial charge is 0.262 e. The van der Waals surface area contributed by atoms with Crippen LogP contribution in [0.4, 0.5) is 5.82 Å². The zero-order valence-electron chi connectivity index (χ0n) is 19.7. The first-order valence-electron chi connectivity index (χ1n) is 12.0. The van der Waals surface area contributed by atoms with Crippen molar-refractivity contribution in [3.63, 3.8) is 0 Å². The van der Waals surface area contributed by atoms with Gasteiger partial charge in [-0.1, -0.05) is 19.3 Å². The van der Waals surface area contributed by atoms with Gasteiger partial charge in [0.25, 0.3) is 5.56 Å². The Balaban J connectivity index is 1.50. The summed E-state index contributed by atoms with van der Waals surface area (Å²) in [5.74, 6) is 2.13. The minimum atomic E-state index is -0.149. The summed E-state index contributed by atoms with van der Waals surface area (Å²) in [6.45, 7) is 1.89. The monoisotopic (exact) mass is 451 g/mol. The highest BCUT2D eigenvalue weighted by molar-refractivity contribution is 5.80. The Hall–Kier alpha value is -2.94. The molecule has 2 fully saturated rings. The maximum absolute atomic E-state index is 13.2. The van der Waals surface area contributed by atoms with Crippen LogP contribution >= 0.6 is 0 Å². The van der Waals surface area contributed by atoms with Crippen LogP contribution in [0.5, 0.6) is 5.88 Å². The molecular weight excluding hydrogens is 418 g/mol. The summed E-state index contributed by atoms with van der Waals surface area (Å²) in [5, 5.41) is 8.69. The number of rotatable bonds is 5. The number of ether oxygens (including phenoxy) is 1. The lowest BCUT2D eigenvalue weighted by molar-refractivity contribution is 0.397. The van der Waals surface area contributed by atoms with Crippen molar-refractivity contribution in [2.24, 2.45) is 7.05 Å². The fraction of sp³-hybridized carbons (Fsp3) is 0.583. The first kappa shape index (κ1) is 21.9. The lowest BCUT2D eigenvalue weighted by atomic mass is 9.86. The van der Waals surface area contributed by atoms with Gasteiger partial charge in [0.05, 0.1) is 18.4 Å². The number of piperidine rings is 1. The number of nitrogens with zero attached hydrogens (tertiary/aromatic N) is 5. The molecule has 5 rings (SSSR count). The number of anilines is 1. The van der Waals surface area contributed by atoms with Crippen LogP contribution in [0.3, 0.4) is 0 Å². The lowest BCUT2D eigenvalue weighted by Gasteiger charge is -2.32. The highest BCUT2D eigenvalue weighted by atomic mass is 16.5. The van der Waals surface area contributed by atoms with E-state index >= 15 is 0 Å². The number of aryl methyl sites for hydroxylation is 1. The molecule has 0 radical (unpaired) electrons. The molecule has 4 heterocycles. The average Bonchev–Trinajstić information content (AvgIpc) is 3.21. The number of hydrogen-bond donors (Lipinski definition) is 2. The fourth-order valence-electron chi connectivity index (χ4n) is 5.31. The predicted octanol–water partition coefficient (Wildman–Crippen LogP) is 2.96. The predicted molar refractivity (Wildman–Crippen MR) is 129 cm³/mol. The summed E-state index contributed by atoms with van der Waals surface area (Å²) < 4.78 is 7.36. The highest BCUT2D eigenvalue weighted by Crippen LogP contribution is 2.35. The van der Waals surface area contributed by atoms with Crippen molar-refractivity contribution in [1.82, 2.24) is 30.0 Å². The lowest BCUT2D eigenvalue weighted by Crippen LogP contribution is -2.41. The minimum absolute atomic E-state index is 0.149. The maximum Gasteiger partial charge on any atom is 0.262 e. The molecule has 0 aromatic carbocycles. The molecule has 3 aromatic heterocycles. The standard InChI is InChI=1S/C24H33N7O2/c1-25-16-11-13-31(14-12-16)18-10-9-17(24(26-18)33-3)21-27-22-19(23(32)28-21)20(29-30(22)2)15-7-5-4-6-8-15/h9-10,15-16,25H,4-8,11-14H2,1-3H3,(H,27,28,32). The molecule has 1 aliphatic carbocycles. The zero-order chi connectivity index (χ0) is 22.9. The Morgan fingerprint density at radius 2 is 1.85 bits per heavy atom. The van der Waals surface area contributed by atoms with Crippen molar-refractivity contribution in [2.45, 2.75) is 56.9 Å². The van der Waals surface area contributed by atoms with Crippen LogP contribution < -0.4 is 20.5 Å². The molecule has 9 heteroatoms. The summed E-state index contributed by atoms with van der Waals surface area (Å²) in [7, 11) is 5.48. The van der Waals surface area contributed by atoms with Crippen LogP contribution in [0, 0.1) is 0 Å². The number of nitrogens with one attached hydrogen (secondary N) is 2. The van der Waals surface area contributed by atoms with Gasteiger partial charge in [-0.3, -0.25) is 4.79 Å². The second kappa shape index (κ2) is 9.13. The van der Waals surface area contributed by atoms with E-state index in [0.29, 0.717) is 40.3 Å². The van der Waals surface area contributed by atoms with E-state index in [1.807, 2.05) is 26.2 Å². The Morgan fingerprint density at radius 3 is 2.55 bits per heavy atom. The van der Waals surface area contributed by atoms with Crippen LogP contribution in [0.1, 0.15) is 56.6 Å². The second-order valence-corrected chi connectivity index (χ2v) is 9.23. The largest absolute Gasteiger partial charge is 0.480 e. The first-order valence-corrected chi connectivity index (χ1v) is 12.0. The molecule has 0 bridgehead atoms. The number of aromatic nitrogens is 5. The summed E-state index contributed by atoms with van der Waals surface area (Å²) >= 11 is 0. The first-order chi connectivity index (χ1) is 16.1. The van der Waals surface area contributed by atoms with E-state index in [0.717, 1.165) is 50.3 Å². The Morgan fingerprint density at radius 1 is 1.09 bits per heavy atom. The van der Waals surface area contributed by atoms with Crippen LogP contribution in [-0.2, 0) is 7.05 Å². The highest BCUT2D eigenvalue weighted by Gasteiger charge is 2.26. The molecule has 1 saturated heterocycles. The topological polar surface area (TPSA) is 101 Å². The maximum atomic E-state index is 13.2. The van der Waals surface area contributed by atoms with Gasteiger partial charge in [-0.15, -0.1) is 0 Å². The molecule has 3 aromatic rings. The van der Waals surface area contributed by atoms with Crippen molar-refractivity contribution in [1.29, 1.82) is 0 Å². The SMILES string of the molecule is CNC1CCN(c2ccc(-c3nc4c(c(C5CCCCC5)nn4C)c(=O)[nH]3)c(OC)n2)CC1. The summed E-state index contributed by atoms with van der Waals surface area (Å²) in [6.07, 6.45) is 7.96. The number of pyridine rings is 1. The van der Waals surface area contributed by atoms with Gasteiger partial charge in [-0.25, -0.2) is 9.67 Å². The van der Waals surface area contributed by atoms with E-state index in [1.54, 1.807) is 11.8 Å². The fourth-order valence-corrected chi connectivity index (χ4v) is 5.31. The minimum Gasteiger partial charge on any atom is -0.480 e. The molecule has 1 saturated carbocycles. The van der Waals surface area contributed by atoms with E-state index in [1.165, 1.54) is 19.3 Å². The number of hydrogen-bond acceptors (Lipinski definition) is 7. The van der Waals surface area contributed by atoms with Gasteiger partial charge in [0, 0.05) is 32.1 Å². The van der Waals surface area contributed by atoms with Crippen LogP contribution in [0.15, 0.2) is 16.9 Å². The van der Waals surface area contributed by atoms with Crippen LogP contribution in [0.25, 0.3) is 22.4 Å². The van der Waals surface area contributed by atoms with Gasteiger partial charge in [0.2, 0.25) is 5.88 Å². The van der Waals surface area contributed by atoms with E-state index in [-0.39, 0.29) is 5.56 Å². The van der Waals surface area contributed by atoms with E-state index in [4.69, 9.17) is 19.8 Å². The molecule has 9 nitrogen and oxygen atoms in total. The van der Waals surface area contributed by atoms with E-state index in [9.17, 15) is 4.79 Å². The average molecular weight is 452 g/mol. The molecule has 176 valence electrons. The number of methoxy groups -OCH3 is 1. The van der Waals surface area contributed by atoms with Gasteiger partial charge in [-0.05, 0) is 44.9 Å². The van der Waals surface area contributed by atoms with E-state index < -0.39 is 0 Å². The zero-order valence-corrected chi connectivity index (χ0v) is 19.7. The Bertz CT molecular complexity index is 1190. The third-order valence-electron chi connectivity index (χ3n) is 7.23. The van der Waals surface area contributed by atoms with E-state index in [2.05, 4.69) is 15.2 Å². The van der Waals surface area contributed by atoms with Gasteiger partial charge in [0.1, 0.15) is 17.0 Å².